The first-order chi connectivity index (χ1) is 7.29. The van der Waals surface area contributed by atoms with Gasteiger partial charge in [0.05, 0.1) is 7.11 Å². The second-order valence-electron chi connectivity index (χ2n) is 3.61. The number of aryl methyl sites for hydroxylation is 1. The highest BCUT2D eigenvalue weighted by Gasteiger charge is 2.06. The van der Waals surface area contributed by atoms with Gasteiger partial charge in [0.15, 0.2) is 5.05 Å². The van der Waals surface area contributed by atoms with Crippen molar-refractivity contribution in [2.75, 3.05) is 7.11 Å². The van der Waals surface area contributed by atoms with Crippen LogP contribution in [0.5, 0.6) is 0 Å². The summed E-state index contributed by atoms with van der Waals surface area (Å²) in [4.78, 5) is 0. The van der Waals surface area contributed by atoms with E-state index in [1.165, 1.54) is 24.8 Å². The lowest BCUT2D eigenvalue weighted by molar-refractivity contribution is 0.415. The first kappa shape index (κ1) is 12.2. The van der Waals surface area contributed by atoms with Gasteiger partial charge in [-0.1, -0.05) is 44.0 Å². The maximum atomic E-state index is 5.17. The van der Waals surface area contributed by atoms with Gasteiger partial charge in [-0.3, -0.25) is 0 Å². The molecular weight excluding hydrogens is 204 g/mol. The van der Waals surface area contributed by atoms with Crippen molar-refractivity contribution in [3.63, 3.8) is 0 Å². The second kappa shape index (κ2) is 6.57. The minimum Gasteiger partial charge on any atom is -0.486 e. The first-order valence-corrected chi connectivity index (χ1v) is 5.86. The Bertz CT molecular complexity index is 320. The van der Waals surface area contributed by atoms with E-state index in [2.05, 4.69) is 19.1 Å². The van der Waals surface area contributed by atoms with Gasteiger partial charge in [-0.15, -0.1) is 0 Å². The highest BCUT2D eigenvalue weighted by Crippen LogP contribution is 2.14. The highest BCUT2D eigenvalue weighted by atomic mass is 32.1. The van der Waals surface area contributed by atoms with E-state index < -0.39 is 0 Å². The van der Waals surface area contributed by atoms with Gasteiger partial charge in [0.25, 0.3) is 0 Å². The molecule has 1 rings (SSSR count). The molecule has 0 unspecified atom stereocenters. The van der Waals surface area contributed by atoms with E-state index in [0.717, 1.165) is 12.0 Å². The van der Waals surface area contributed by atoms with Gasteiger partial charge < -0.3 is 4.74 Å². The Morgan fingerprint density at radius 2 is 2.00 bits per heavy atom. The number of hydrogen-bond donors (Lipinski definition) is 0. The van der Waals surface area contributed by atoms with E-state index in [-0.39, 0.29) is 0 Å². The van der Waals surface area contributed by atoms with E-state index in [1.807, 2.05) is 12.1 Å². The van der Waals surface area contributed by atoms with E-state index in [1.54, 1.807) is 7.11 Å². The van der Waals surface area contributed by atoms with Crippen LogP contribution < -0.4 is 0 Å². The van der Waals surface area contributed by atoms with Crippen molar-refractivity contribution in [3.8, 4) is 0 Å². The van der Waals surface area contributed by atoms with E-state index in [4.69, 9.17) is 17.0 Å². The summed E-state index contributed by atoms with van der Waals surface area (Å²) in [7, 11) is 1.63. The summed E-state index contributed by atoms with van der Waals surface area (Å²) in [5, 5.41) is 0.599. The van der Waals surface area contributed by atoms with Crippen LogP contribution in [-0.2, 0) is 11.2 Å². The molecule has 1 aromatic rings. The fourth-order valence-corrected chi connectivity index (χ4v) is 1.81. The second-order valence-corrected chi connectivity index (χ2v) is 3.98. The van der Waals surface area contributed by atoms with Gasteiger partial charge in [0.2, 0.25) is 0 Å². The zero-order valence-electron chi connectivity index (χ0n) is 9.45. The molecule has 1 aromatic carbocycles. The molecular formula is C13H18OS. The molecule has 0 amide bonds. The maximum absolute atomic E-state index is 5.17. The molecule has 0 bridgehead atoms. The average Bonchev–Trinajstić information content (AvgIpc) is 2.29. The molecule has 0 aromatic heterocycles. The summed E-state index contributed by atoms with van der Waals surface area (Å²) in [5.74, 6) is 0. The third-order valence-corrected chi connectivity index (χ3v) is 2.86. The molecule has 0 radical (unpaired) electrons. The van der Waals surface area contributed by atoms with Crippen LogP contribution in [0.25, 0.3) is 0 Å². The summed E-state index contributed by atoms with van der Waals surface area (Å²) >= 11 is 5.17. The summed E-state index contributed by atoms with van der Waals surface area (Å²) in [5.41, 5.74) is 2.38. The molecule has 0 aliphatic carbocycles. The number of hydrogen-bond acceptors (Lipinski definition) is 2. The Hall–Kier alpha value is -0.890. The zero-order valence-corrected chi connectivity index (χ0v) is 10.3. The van der Waals surface area contributed by atoms with Gasteiger partial charge in [0, 0.05) is 5.56 Å². The largest absolute Gasteiger partial charge is 0.486 e. The average molecular weight is 222 g/mol. The van der Waals surface area contributed by atoms with Crippen molar-refractivity contribution >= 4 is 17.3 Å². The summed E-state index contributed by atoms with van der Waals surface area (Å²) in [6, 6.07) is 8.23. The molecule has 2 heteroatoms. The normalized spacial score (nSPS) is 10.0. The van der Waals surface area contributed by atoms with Crippen LogP contribution in [-0.4, -0.2) is 12.2 Å². The van der Waals surface area contributed by atoms with Gasteiger partial charge in [-0.05, 0) is 30.6 Å². The number of methoxy groups -OCH3 is 1. The summed E-state index contributed by atoms with van der Waals surface area (Å²) in [6.07, 6.45) is 4.83. The van der Waals surface area contributed by atoms with Gasteiger partial charge in [-0.2, -0.15) is 0 Å². The fraction of sp³-hybridized carbons (Fsp3) is 0.462. The molecule has 0 saturated heterocycles. The van der Waals surface area contributed by atoms with Crippen molar-refractivity contribution in [1.29, 1.82) is 0 Å². The van der Waals surface area contributed by atoms with Gasteiger partial charge in [0.1, 0.15) is 0 Å². The molecule has 0 spiro atoms. The Morgan fingerprint density at radius 3 is 2.67 bits per heavy atom. The minimum atomic E-state index is 0.599. The van der Waals surface area contributed by atoms with Crippen LogP contribution in [0.1, 0.15) is 37.3 Å². The van der Waals surface area contributed by atoms with Crippen molar-refractivity contribution < 1.29 is 4.74 Å². The highest BCUT2D eigenvalue weighted by molar-refractivity contribution is 7.80. The van der Waals surface area contributed by atoms with Crippen LogP contribution >= 0.6 is 12.2 Å². The molecule has 0 atom stereocenters. The third-order valence-electron chi connectivity index (χ3n) is 2.47. The molecule has 1 nitrogen and oxygen atoms in total. The minimum absolute atomic E-state index is 0.599. The zero-order chi connectivity index (χ0) is 11.1. The number of benzene rings is 1. The van der Waals surface area contributed by atoms with Crippen molar-refractivity contribution in [3.05, 3.63) is 35.4 Å². The lowest BCUT2D eigenvalue weighted by atomic mass is 10.0. The van der Waals surface area contributed by atoms with Gasteiger partial charge in [-0.25, -0.2) is 0 Å². The number of rotatable bonds is 5. The molecule has 0 fully saturated rings. The van der Waals surface area contributed by atoms with E-state index >= 15 is 0 Å². The summed E-state index contributed by atoms with van der Waals surface area (Å²) in [6.45, 7) is 2.21. The Balaban J connectivity index is 2.73. The number of ether oxygens (including phenoxy) is 1. The van der Waals surface area contributed by atoms with E-state index in [0.29, 0.717) is 5.05 Å². The van der Waals surface area contributed by atoms with Crippen LogP contribution in [0, 0.1) is 0 Å². The molecule has 0 aliphatic rings. The Kier molecular flexibility index (Phi) is 5.33. The van der Waals surface area contributed by atoms with E-state index in [9.17, 15) is 0 Å². The molecule has 0 aliphatic heterocycles. The standard InChI is InChI=1S/C13H18OS/c1-3-4-5-8-11-9-6-7-10-12(11)13(15)14-2/h6-7,9-10H,3-5,8H2,1-2H3. The topological polar surface area (TPSA) is 9.23 Å². The molecule has 0 heterocycles. The molecule has 0 N–H and O–H groups in total. The molecule has 0 saturated carbocycles. The fourth-order valence-electron chi connectivity index (χ4n) is 1.61. The Morgan fingerprint density at radius 1 is 1.27 bits per heavy atom. The number of unbranched alkanes of at least 4 members (excludes halogenated alkanes) is 2. The molecule has 82 valence electrons. The van der Waals surface area contributed by atoms with Crippen LogP contribution in [0.3, 0.4) is 0 Å². The van der Waals surface area contributed by atoms with Crippen LogP contribution in [0.2, 0.25) is 0 Å². The maximum Gasteiger partial charge on any atom is 0.191 e. The summed E-state index contributed by atoms with van der Waals surface area (Å²) < 4.78 is 5.11. The lowest BCUT2D eigenvalue weighted by Crippen LogP contribution is -2.04. The monoisotopic (exact) mass is 222 g/mol. The van der Waals surface area contributed by atoms with Crippen molar-refractivity contribution in [2.45, 2.75) is 32.6 Å². The van der Waals surface area contributed by atoms with Gasteiger partial charge >= 0.3 is 0 Å². The third kappa shape index (κ3) is 3.63. The van der Waals surface area contributed by atoms with Crippen LogP contribution in [0.15, 0.2) is 24.3 Å². The van der Waals surface area contributed by atoms with Crippen molar-refractivity contribution in [2.24, 2.45) is 0 Å². The predicted molar refractivity (Wildman–Crippen MR) is 68.4 cm³/mol. The number of thiocarbonyl (C=S) groups is 1. The quantitative estimate of drug-likeness (QED) is 0.554. The Labute approximate surface area is 97.5 Å². The lowest BCUT2D eigenvalue weighted by Gasteiger charge is -2.09. The molecule has 15 heavy (non-hydrogen) atoms. The first-order valence-electron chi connectivity index (χ1n) is 5.45. The smallest absolute Gasteiger partial charge is 0.191 e. The van der Waals surface area contributed by atoms with Crippen LogP contribution in [0.4, 0.5) is 0 Å². The van der Waals surface area contributed by atoms with Crippen molar-refractivity contribution in [1.82, 2.24) is 0 Å². The predicted octanol–water partition coefficient (Wildman–Crippen LogP) is 3.74. The SMILES string of the molecule is CCCCCc1ccccc1C(=S)OC.